The number of carbonyl (C=O) groups excluding carboxylic acids is 1. The molecule has 0 amide bonds. The topological polar surface area (TPSA) is 63.6 Å². The van der Waals surface area contributed by atoms with Gasteiger partial charge in [-0.3, -0.25) is 9.59 Å². The second-order valence-corrected chi connectivity index (χ2v) is 6.26. The summed E-state index contributed by atoms with van der Waals surface area (Å²) in [6.45, 7) is 0. The summed E-state index contributed by atoms with van der Waals surface area (Å²) in [4.78, 5) is 22.6. The fourth-order valence-electron chi connectivity index (χ4n) is 6.95. The van der Waals surface area contributed by atoms with Crippen LogP contribution in [0.3, 0.4) is 0 Å². The largest absolute Gasteiger partial charge is 0.481 e. The monoisotopic (exact) mass is 220 g/mol. The lowest BCUT2D eigenvalue weighted by molar-refractivity contribution is -0.642. The molecule has 0 aliphatic heterocycles. The van der Waals surface area contributed by atoms with E-state index in [-0.39, 0.29) is 16.8 Å². The highest BCUT2D eigenvalue weighted by atomic mass is 16.5. The minimum atomic E-state index is -0.664. The highest BCUT2D eigenvalue weighted by Gasteiger charge is 3.11. The number of esters is 1. The van der Waals surface area contributed by atoms with E-state index < -0.39 is 5.97 Å². The Kier molecular flexibility index (Phi) is 0.865. The van der Waals surface area contributed by atoms with E-state index in [1.807, 2.05) is 0 Å². The Morgan fingerprint density at radius 1 is 1.12 bits per heavy atom. The summed E-state index contributed by atoms with van der Waals surface area (Å²) < 4.78 is 4.92. The maximum atomic E-state index is 11.8. The zero-order valence-corrected chi connectivity index (χ0v) is 8.84. The molecule has 0 atom stereocenters. The van der Waals surface area contributed by atoms with Gasteiger partial charge in [0.15, 0.2) is 0 Å². The SMILES string of the molecule is COC(=O)C12C3C4C1C1C2C3C41CC(=O)O. The number of rotatable bonds is 3. The molecule has 6 fully saturated rings. The van der Waals surface area contributed by atoms with E-state index >= 15 is 0 Å². The average molecular weight is 220 g/mol. The molecule has 0 heterocycles. The van der Waals surface area contributed by atoms with Gasteiger partial charge in [-0.25, -0.2) is 0 Å². The molecule has 0 spiro atoms. The summed E-state index contributed by atoms with van der Waals surface area (Å²) in [7, 11) is 1.47. The minimum Gasteiger partial charge on any atom is -0.481 e. The molecule has 6 aliphatic rings. The number of methoxy groups -OCH3 is 1. The van der Waals surface area contributed by atoms with E-state index in [4.69, 9.17) is 9.84 Å². The van der Waals surface area contributed by atoms with Gasteiger partial charge in [-0.1, -0.05) is 0 Å². The molecule has 6 rings (SSSR count). The van der Waals surface area contributed by atoms with Crippen molar-refractivity contribution in [2.24, 2.45) is 46.3 Å². The Morgan fingerprint density at radius 2 is 1.62 bits per heavy atom. The predicted octanol–water partition coefficient (Wildman–Crippen LogP) is 0.372. The number of carboxylic acids is 1. The van der Waals surface area contributed by atoms with Crippen molar-refractivity contribution < 1.29 is 19.4 Å². The summed E-state index contributed by atoms with van der Waals surface area (Å²) in [6, 6.07) is 0. The van der Waals surface area contributed by atoms with Gasteiger partial charge in [0.25, 0.3) is 0 Å². The Hall–Kier alpha value is -1.06. The molecule has 4 nitrogen and oxygen atoms in total. The van der Waals surface area contributed by atoms with Crippen LogP contribution in [0.5, 0.6) is 0 Å². The lowest BCUT2D eigenvalue weighted by atomic mass is 8.92. The van der Waals surface area contributed by atoms with E-state index in [1.165, 1.54) is 7.11 Å². The highest BCUT2D eigenvalue weighted by Crippen LogP contribution is 3.10. The van der Waals surface area contributed by atoms with Crippen LogP contribution in [0.1, 0.15) is 6.42 Å². The van der Waals surface area contributed by atoms with E-state index in [9.17, 15) is 9.59 Å². The molecule has 0 aromatic heterocycles. The first-order chi connectivity index (χ1) is 7.63. The van der Waals surface area contributed by atoms with E-state index in [2.05, 4.69) is 0 Å². The van der Waals surface area contributed by atoms with Crippen LogP contribution < -0.4 is 0 Å². The summed E-state index contributed by atoms with van der Waals surface area (Å²) in [5.74, 6) is 2.49. The van der Waals surface area contributed by atoms with Crippen LogP contribution in [0.2, 0.25) is 0 Å². The van der Waals surface area contributed by atoms with Crippen LogP contribution in [0.25, 0.3) is 0 Å². The molecule has 0 aromatic rings. The van der Waals surface area contributed by atoms with Crippen molar-refractivity contribution in [2.45, 2.75) is 6.42 Å². The van der Waals surface area contributed by atoms with Crippen molar-refractivity contribution in [2.75, 3.05) is 7.11 Å². The van der Waals surface area contributed by atoms with Crippen LogP contribution in [-0.4, -0.2) is 24.2 Å². The molecule has 0 unspecified atom stereocenters. The summed E-state index contributed by atoms with van der Waals surface area (Å²) in [5, 5.41) is 8.94. The first-order valence-corrected chi connectivity index (χ1v) is 5.93. The molecule has 0 saturated heterocycles. The van der Waals surface area contributed by atoms with Gasteiger partial charge in [0.2, 0.25) is 0 Å². The number of hydrogen-bond acceptors (Lipinski definition) is 3. The Morgan fingerprint density at radius 3 is 2.00 bits per heavy atom. The third kappa shape index (κ3) is 0.356. The lowest BCUT2D eigenvalue weighted by Gasteiger charge is -3.10. The third-order valence-corrected chi connectivity index (χ3v) is 6.83. The third-order valence-electron chi connectivity index (χ3n) is 6.83. The Labute approximate surface area is 92.0 Å². The summed E-state index contributed by atoms with van der Waals surface area (Å²) in [5.41, 5.74) is 0.0244. The number of hydrogen-bond donors (Lipinski definition) is 1. The van der Waals surface area contributed by atoms with Crippen molar-refractivity contribution >= 4 is 11.9 Å². The van der Waals surface area contributed by atoms with Gasteiger partial charge < -0.3 is 9.84 Å². The molecule has 84 valence electrons. The maximum Gasteiger partial charge on any atom is 0.312 e. The smallest absolute Gasteiger partial charge is 0.312 e. The molecule has 16 heavy (non-hydrogen) atoms. The predicted molar refractivity (Wildman–Crippen MR) is 50.1 cm³/mol. The summed E-state index contributed by atoms with van der Waals surface area (Å²) >= 11 is 0. The highest BCUT2D eigenvalue weighted by molar-refractivity contribution is 5.89. The maximum absolute atomic E-state index is 11.8. The molecule has 0 radical (unpaired) electrons. The first-order valence-electron chi connectivity index (χ1n) is 5.93. The average Bonchev–Trinajstić information content (AvgIpc) is 2.28. The normalized spacial score (nSPS) is 68.6. The van der Waals surface area contributed by atoms with Crippen molar-refractivity contribution in [1.29, 1.82) is 0 Å². The second kappa shape index (κ2) is 1.71. The van der Waals surface area contributed by atoms with Crippen LogP contribution in [-0.2, 0) is 14.3 Å². The molecule has 6 saturated carbocycles. The lowest BCUT2D eigenvalue weighted by Crippen LogP contribution is -3.10. The minimum absolute atomic E-state index is 0.0140. The molecule has 0 aromatic carbocycles. The summed E-state index contributed by atoms with van der Waals surface area (Å²) in [6.07, 6.45) is 0.341. The van der Waals surface area contributed by atoms with Gasteiger partial charge in [0, 0.05) is 0 Å². The van der Waals surface area contributed by atoms with Crippen molar-refractivity contribution in [3.8, 4) is 0 Å². The fourth-order valence-corrected chi connectivity index (χ4v) is 6.95. The van der Waals surface area contributed by atoms with E-state index in [1.54, 1.807) is 0 Å². The van der Waals surface area contributed by atoms with Gasteiger partial charge in [-0.2, -0.15) is 0 Å². The zero-order valence-electron chi connectivity index (χ0n) is 8.84. The first kappa shape index (κ1) is 8.09. The number of carbonyl (C=O) groups is 2. The van der Waals surface area contributed by atoms with Gasteiger partial charge in [-0.05, 0) is 40.9 Å². The van der Waals surface area contributed by atoms with Crippen LogP contribution in [0.15, 0.2) is 0 Å². The van der Waals surface area contributed by atoms with Gasteiger partial charge in [0.1, 0.15) is 0 Å². The molecular weight excluding hydrogens is 208 g/mol. The van der Waals surface area contributed by atoms with Crippen molar-refractivity contribution in [3.05, 3.63) is 0 Å². The van der Waals surface area contributed by atoms with E-state index in [0.717, 1.165) is 0 Å². The number of ether oxygens (including phenoxy) is 1. The molecule has 1 N–H and O–H groups in total. The second-order valence-electron chi connectivity index (χ2n) is 6.26. The molecule has 6 aliphatic carbocycles. The quantitative estimate of drug-likeness (QED) is 0.698. The van der Waals surface area contributed by atoms with Crippen molar-refractivity contribution in [3.63, 3.8) is 0 Å². The molecule has 4 heteroatoms. The van der Waals surface area contributed by atoms with Gasteiger partial charge in [0.05, 0.1) is 18.9 Å². The zero-order chi connectivity index (χ0) is 11.0. The number of aliphatic carboxylic acids is 1. The van der Waals surface area contributed by atoms with Crippen LogP contribution >= 0.6 is 0 Å². The molecule has 0 bridgehead atoms. The Balaban J connectivity index is 1.50. The van der Waals surface area contributed by atoms with Crippen molar-refractivity contribution in [1.82, 2.24) is 0 Å². The molecular formula is C12H12O4. The fraction of sp³-hybridized carbons (Fsp3) is 0.833. The van der Waals surface area contributed by atoms with Crippen LogP contribution in [0.4, 0.5) is 0 Å². The van der Waals surface area contributed by atoms with Gasteiger partial charge in [-0.15, -0.1) is 0 Å². The number of carboxylic acid groups (broad SMARTS) is 1. The Bertz CT molecular complexity index is 426. The standard InChI is InChI=1S/C12H12O4/c1-16-10(15)12-7-4-8(12)6-9(12)5(7)11(4,6)2-3(13)14/h4-9H,2H2,1H3,(H,13,14). The van der Waals surface area contributed by atoms with E-state index in [0.29, 0.717) is 41.9 Å². The van der Waals surface area contributed by atoms with Crippen LogP contribution in [0, 0.1) is 46.3 Å². The van der Waals surface area contributed by atoms with Gasteiger partial charge >= 0.3 is 11.9 Å².